The molecule has 0 aliphatic heterocycles. The molecule has 0 spiro atoms. The number of benzene rings is 1. The van der Waals surface area contributed by atoms with Crippen molar-refractivity contribution < 1.29 is 9.47 Å². The Hall–Kier alpha value is -2.54. The SMILES string of the molecule is COc1cccc(CNc2nc(Cl)nc3nc[nH]c23)c1OC. The average molecular weight is 320 g/mol. The summed E-state index contributed by atoms with van der Waals surface area (Å²) in [6, 6.07) is 5.69. The molecule has 2 aromatic heterocycles. The van der Waals surface area contributed by atoms with Crippen molar-refractivity contribution in [1.29, 1.82) is 0 Å². The molecule has 0 bridgehead atoms. The number of anilines is 1. The smallest absolute Gasteiger partial charge is 0.226 e. The summed E-state index contributed by atoms with van der Waals surface area (Å²) in [7, 11) is 3.21. The minimum atomic E-state index is 0.139. The van der Waals surface area contributed by atoms with Crippen LogP contribution in [0.4, 0.5) is 5.82 Å². The maximum absolute atomic E-state index is 5.91. The maximum Gasteiger partial charge on any atom is 0.226 e. The predicted octanol–water partition coefficient (Wildman–Crippen LogP) is 2.64. The van der Waals surface area contributed by atoms with E-state index in [1.165, 1.54) is 0 Å². The van der Waals surface area contributed by atoms with Crippen LogP contribution in [0, 0.1) is 0 Å². The first-order valence-corrected chi connectivity index (χ1v) is 6.91. The minimum Gasteiger partial charge on any atom is -0.493 e. The lowest BCUT2D eigenvalue weighted by atomic mass is 10.2. The molecule has 0 aliphatic rings. The van der Waals surface area contributed by atoms with Crippen molar-refractivity contribution in [2.24, 2.45) is 0 Å². The van der Waals surface area contributed by atoms with Gasteiger partial charge in [0.25, 0.3) is 0 Å². The lowest BCUT2D eigenvalue weighted by Gasteiger charge is -2.13. The molecule has 0 atom stereocenters. The lowest BCUT2D eigenvalue weighted by molar-refractivity contribution is 0.352. The predicted molar refractivity (Wildman–Crippen MR) is 83.6 cm³/mol. The van der Waals surface area contributed by atoms with Gasteiger partial charge in [-0.25, -0.2) is 4.98 Å². The van der Waals surface area contributed by atoms with Crippen LogP contribution in [-0.4, -0.2) is 34.2 Å². The highest BCUT2D eigenvalue weighted by atomic mass is 35.5. The highest BCUT2D eigenvalue weighted by molar-refractivity contribution is 6.28. The van der Waals surface area contributed by atoms with Gasteiger partial charge in [0.15, 0.2) is 23.0 Å². The normalized spacial score (nSPS) is 10.7. The second-order valence-electron chi connectivity index (χ2n) is 4.45. The zero-order valence-corrected chi connectivity index (χ0v) is 12.8. The molecule has 0 unspecified atom stereocenters. The number of rotatable bonds is 5. The van der Waals surface area contributed by atoms with Crippen molar-refractivity contribution in [1.82, 2.24) is 19.9 Å². The van der Waals surface area contributed by atoms with Gasteiger partial charge in [-0.3, -0.25) is 0 Å². The number of methoxy groups -OCH3 is 2. The van der Waals surface area contributed by atoms with Gasteiger partial charge in [-0.15, -0.1) is 0 Å². The Morgan fingerprint density at radius 2 is 2.09 bits per heavy atom. The second-order valence-corrected chi connectivity index (χ2v) is 4.79. The molecule has 7 nitrogen and oxygen atoms in total. The first-order valence-electron chi connectivity index (χ1n) is 6.53. The fraction of sp³-hybridized carbons (Fsp3) is 0.214. The Morgan fingerprint density at radius 1 is 1.23 bits per heavy atom. The maximum atomic E-state index is 5.91. The number of H-pyrrole nitrogens is 1. The van der Waals surface area contributed by atoms with E-state index in [-0.39, 0.29) is 5.28 Å². The van der Waals surface area contributed by atoms with Gasteiger partial charge in [-0.05, 0) is 17.7 Å². The van der Waals surface area contributed by atoms with Crippen molar-refractivity contribution in [3.63, 3.8) is 0 Å². The molecule has 3 rings (SSSR count). The average Bonchev–Trinajstić information content (AvgIpc) is 3.00. The molecular weight excluding hydrogens is 306 g/mol. The Kier molecular flexibility index (Phi) is 3.97. The van der Waals surface area contributed by atoms with Crippen molar-refractivity contribution in [3.8, 4) is 11.5 Å². The van der Waals surface area contributed by atoms with Crippen LogP contribution in [-0.2, 0) is 6.54 Å². The van der Waals surface area contributed by atoms with Crippen molar-refractivity contribution in [2.75, 3.05) is 19.5 Å². The fourth-order valence-electron chi connectivity index (χ4n) is 2.21. The van der Waals surface area contributed by atoms with Crippen molar-refractivity contribution in [2.45, 2.75) is 6.54 Å². The lowest BCUT2D eigenvalue weighted by Crippen LogP contribution is -2.05. The topological polar surface area (TPSA) is 85.0 Å². The first-order chi connectivity index (χ1) is 10.7. The fourth-order valence-corrected chi connectivity index (χ4v) is 2.37. The summed E-state index contributed by atoms with van der Waals surface area (Å²) >= 11 is 5.91. The number of para-hydroxylation sites is 1. The molecule has 0 saturated carbocycles. The summed E-state index contributed by atoms with van der Waals surface area (Å²) in [5.74, 6) is 1.94. The highest BCUT2D eigenvalue weighted by Crippen LogP contribution is 2.31. The van der Waals surface area contributed by atoms with Crippen LogP contribution in [0.2, 0.25) is 5.28 Å². The Labute approximate surface area is 131 Å². The van der Waals surface area contributed by atoms with E-state index < -0.39 is 0 Å². The number of nitrogens with zero attached hydrogens (tertiary/aromatic N) is 3. The highest BCUT2D eigenvalue weighted by Gasteiger charge is 2.12. The third-order valence-electron chi connectivity index (χ3n) is 3.19. The van der Waals surface area contributed by atoms with E-state index in [0.29, 0.717) is 35.0 Å². The van der Waals surface area contributed by atoms with Gasteiger partial charge in [0, 0.05) is 12.1 Å². The monoisotopic (exact) mass is 319 g/mol. The Bertz CT molecular complexity index is 805. The molecule has 2 heterocycles. The summed E-state index contributed by atoms with van der Waals surface area (Å²) in [4.78, 5) is 15.3. The Morgan fingerprint density at radius 3 is 2.86 bits per heavy atom. The summed E-state index contributed by atoms with van der Waals surface area (Å²) in [5.41, 5.74) is 2.15. The molecule has 3 aromatic rings. The summed E-state index contributed by atoms with van der Waals surface area (Å²) < 4.78 is 10.7. The molecule has 0 aliphatic carbocycles. The number of aromatic nitrogens is 4. The van der Waals surface area contributed by atoms with Crippen LogP contribution >= 0.6 is 11.6 Å². The van der Waals surface area contributed by atoms with Gasteiger partial charge in [0.1, 0.15) is 5.52 Å². The molecule has 0 saturated heterocycles. The molecule has 2 N–H and O–H groups in total. The van der Waals surface area contributed by atoms with E-state index in [4.69, 9.17) is 21.1 Å². The minimum absolute atomic E-state index is 0.139. The molecular formula is C14H14ClN5O2. The van der Waals surface area contributed by atoms with E-state index in [2.05, 4.69) is 25.3 Å². The quantitative estimate of drug-likeness (QED) is 0.703. The zero-order valence-electron chi connectivity index (χ0n) is 12.1. The number of aromatic amines is 1. The zero-order chi connectivity index (χ0) is 15.5. The van der Waals surface area contributed by atoms with Crippen molar-refractivity contribution in [3.05, 3.63) is 35.4 Å². The molecule has 1 aromatic carbocycles. The third-order valence-corrected chi connectivity index (χ3v) is 3.36. The van der Waals surface area contributed by atoms with E-state index in [1.54, 1.807) is 20.5 Å². The van der Waals surface area contributed by atoms with E-state index >= 15 is 0 Å². The van der Waals surface area contributed by atoms with Gasteiger partial charge >= 0.3 is 0 Å². The van der Waals surface area contributed by atoms with Gasteiger partial charge in [0.2, 0.25) is 5.28 Å². The van der Waals surface area contributed by atoms with Crippen molar-refractivity contribution >= 4 is 28.6 Å². The van der Waals surface area contributed by atoms with Crippen LogP contribution in [0.3, 0.4) is 0 Å². The molecule has 22 heavy (non-hydrogen) atoms. The number of hydrogen-bond donors (Lipinski definition) is 2. The van der Waals surface area contributed by atoms with E-state index in [9.17, 15) is 0 Å². The molecule has 0 radical (unpaired) electrons. The van der Waals surface area contributed by atoms with E-state index in [0.717, 1.165) is 5.56 Å². The number of ether oxygens (including phenoxy) is 2. The summed E-state index contributed by atoms with van der Waals surface area (Å²) in [6.07, 6.45) is 1.55. The molecule has 114 valence electrons. The van der Waals surface area contributed by atoms with Crippen LogP contribution in [0.25, 0.3) is 11.2 Å². The van der Waals surface area contributed by atoms with Crippen LogP contribution in [0.1, 0.15) is 5.56 Å². The largest absolute Gasteiger partial charge is 0.493 e. The van der Waals surface area contributed by atoms with Crippen LogP contribution < -0.4 is 14.8 Å². The number of halogens is 1. The Balaban J connectivity index is 1.90. The standard InChI is InChI=1S/C14H14ClN5O2/c1-21-9-5-3-4-8(11(9)22-2)6-16-12-10-13(18-7-17-10)20-14(15)19-12/h3-5,7H,6H2,1-2H3,(H2,16,17,18,19,20). The van der Waals surface area contributed by atoms with Crippen LogP contribution in [0.15, 0.2) is 24.5 Å². The van der Waals surface area contributed by atoms with Crippen LogP contribution in [0.5, 0.6) is 11.5 Å². The number of hydrogen-bond acceptors (Lipinski definition) is 6. The molecule has 0 amide bonds. The van der Waals surface area contributed by atoms with E-state index in [1.807, 2.05) is 18.2 Å². The number of fused-ring (bicyclic) bond motifs is 1. The molecule has 0 fully saturated rings. The first kappa shape index (κ1) is 14.4. The van der Waals surface area contributed by atoms with Gasteiger partial charge < -0.3 is 19.8 Å². The third kappa shape index (κ3) is 2.62. The summed E-state index contributed by atoms with van der Waals surface area (Å²) in [6.45, 7) is 0.488. The molecule has 8 heteroatoms. The number of imidazole rings is 1. The number of nitrogens with one attached hydrogen (secondary N) is 2. The second kappa shape index (κ2) is 6.07. The summed E-state index contributed by atoms with van der Waals surface area (Å²) in [5, 5.41) is 3.35. The van der Waals surface area contributed by atoms with Gasteiger partial charge in [-0.1, -0.05) is 12.1 Å². The van der Waals surface area contributed by atoms with Gasteiger partial charge in [0.05, 0.1) is 20.5 Å². The van der Waals surface area contributed by atoms with Gasteiger partial charge in [-0.2, -0.15) is 9.97 Å².